The largest absolute Gasteiger partial charge is 0.342 e. The van der Waals surface area contributed by atoms with Gasteiger partial charge in [0.05, 0.1) is 5.75 Å². The first-order valence-electron chi connectivity index (χ1n) is 9.25. The van der Waals surface area contributed by atoms with Crippen LogP contribution in [0.2, 0.25) is 0 Å². The van der Waals surface area contributed by atoms with Gasteiger partial charge < -0.3 is 5.32 Å². The van der Waals surface area contributed by atoms with E-state index in [2.05, 4.69) is 19.2 Å². The van der Waals surface area contributed by atoms with Crippen molar-refractivity contribution in [2.75, 3.05) is 25.4 Å². The fraction of sp³-hybridized carbons (Fsp3) is 0.882. The van der Waals surface area contributed by atoms with Gasteiger partial charge in [-0.2, -0.15) is 0 Å². The molecule has 0 aromatic rings. The lowest BCUT2D eigenvalue weighted by atomic mass is 9.90. The van der Waals surface area contributed by atoms with Crippen molar-refractivity contribution in [3.8, 4) is 0 Å². The van der Waals surface area contributed by atoms with Crippen LogP contribution in [0.15, 0.2) is 0 Å². The second-order valence-corrected chi connectivity index (χ2v) is 10.1. The van der Waals surface area contributed by atoms with Crippen LogP contribution in [0.1, 0.15) is 53.4 Å². The van der Waals surface area contributed by atoms with Crippen molar-refractivity contribution in [3.05, 3.63) is 0 Å². The molecule has 0 aliphatic carbocycles. The van der Waals surface area contributed by atoms with Gasteiger partial charge in [0, 0.05) is 19.6 Å². The molecule has 144 valence electrons. The van der Waals surface area contributed by atoms with Crippen molar-refractivity contribution in [2.24, 2.45) is 11.8 Å². The minimum Gasteiger partial charge on any atom is -0.342 e. The molecule has 2 fully saturated rings. The second-order valence-electron chi connectivity index (χ2n) is 7.98. The fourth-order valence-electron chi connectivity index (χ4n) is 3.93. The first-order chi connectivity index (χ1) is 11.6. The number of piperidine rings is 1. The molecule has 2 heterocycles. The zero-order valence-corrected chi connectivity index (χ0v) is 16.7. The molecule has 0 aromatic carbocycles. The lowest BCUT2D eigenvalue weighted by Crippen LogP contribution is -2.46. The quantitative estimate of drug-likeness (QED) is 0.710. The van der Waals surface area contributed by atoms with Crippen molar-refractivity contribution >= 4 is 21.9 Å². The minimum atomic E-state index is -3.14. The Balaban J connectivity index is 1.94. The van der Waals surface area contributed by atoms with Gasteiger partial charge in [0.15, 0.2) is 5.96 Å². The third-order valence-electron chi connectivity index (χ3n) is 5.07. The summed E-state index contributed by atoms with van der Waals surface area (Å²) < 4.78 is 25.9. The minimum absolute atomic E-state index is 0.0350. The van der Waals surface area contributed by atoms with Gasteiger partial charge in [-0.15, -0.1) is 0 Å². The van der Waals surface area contributed by atoms with Crippen LogP contribution in [-0.2, 0) is 14.8 Å². The average Bonchev–Trinajstić information content (AvgIpc) is 2.70. The molecular formula is C17H32N4O3S. The standard InChI is InChI=1S/C17H32N4O3S/c1-5-10-25(23,24)20-8-6-14(7-9-20)12-21-15(22)17(4,11-13(2)3)19-16(21)18/h13-14H,5-12H2,1-4H3,(H2,18,19). The van der Waals surface area contributed by atoms with Crippen molar-refractivity contribution in [1.29, 1.82) is 5.41 Å². The van der Waals surface area contributed by atoms with Gasteiger partial charge in [0.25, 0.3) is 5.91 Å². The first kappa shape index (κ1) is 20.2. The Morgan fingerprint density at radius 2 is 1.92 bits per heavy atom. The van der Waals surface area contributed by atoms with Crippen molar-refractivity contribution in [3.63, 3.8) is 0 Å². The number of amides is 1. The van der Waals surface area contributed by atoms with E-state index < -0.39 is 15.6 Å². The summed E-state index contributed by atoms with van der Waals surface area (Å²) in [4.78, 5) is 14.3. The molecule has 2 N–H and O–H groups in total. The Bertz CT molecular complexity index is 611. The summed E-state index contributed by atoms with van der Waals surface area (Å²) in [6.07, 6.45) is 2.79. The number of nitrogens with one attached hydrogen (secondary N) is 2. The highest BCUT2D eigenvalue weighted by molar-refractivity contribution is 7.89. The number of rotatable bonds is 7. The lowest BCUT2D eigenvalue weighted by Gasteiger charge is -2.33. The van der Waals surface area contributed by atoms with E-state index >= 15 is 0 Å². The monoisotopic (exact) mass is 372 g/mol. The van der Waals surface area contributed by atoms with E-state index in [9.17, 15) is 13.2 Å². The number of carbonyl (C=O) groups is 1. The first-order valence-corrected chi connectivity index (χ1v) is 10.9. The average molecular weight is 373 g/mol. The Morgan fingerprint density at radius 1 is 1.32 bits per heavy atom. The van der Waals surface area contributed by atoms with Gasteiger partial charge in [-0.1, -0.05) is 20.8 Å². The predicted molar refractivity (Wildman–Crippen MR) is 98.8 cm³/mol. The number of sulfonamides is 1. The van der Waals surface area contributed by atoms with Crippen LogP contribution in [0.25, 0.3) is 0 Å². The number of guanidine groups is 1. The zero-order valence-electron chi connectivity index (χ0n) is 15.8. The number of nitrogens with zero attached hydrogens (tertiary/aromatic N) is 2. The SMILES string of the molecule is CCCS(=O)(=O)N1CCC(CN2C(=N)NC(C)(CC(C)C)C2=O)CC1. The van der Waals surface area contributed by atoms with Crippen molar-refractivity contribution in [1.82, 2.24) is 14.5 Å². The molecular weight excluding hydrogens is 340 g/mol. The molecule has 8 heteroatoms. The topological polar surface area (TPSA) is 93.6 Å². The zero-order chi connectivity index (χ0) is 18.8. The summed E-state index contributed by atoms with van der Waals surface area (Å²) in [6.45, 7) is 9.40. The van der Waals surface area contributed by atoms with Crippen LogP contribution in [-0.4, -0.2) is 60.4 Å². The normalized spacial score (nSPS) is 26.5. The van der Waals surface area contributed by atoms with Gasteiger partial charge in [-0.3, -0.25) is 15.1 Å². The van der Waals surface area contributed by atoms with Crippen LogP contribution in [0.4, 0.5) is 0 Å². The molecule has 0 radical (unpaired) electrons. The number of hydrogen-bond donors (Lipinski definition) is 2. The Kier molecular flexibility index (Phi) is 6.14. The molecule has 1 unspecified atom stereocenters. The maximum Gasteiger partial charge on any atom is 0.254 e. The van der Waals surface area contributed by atoms with Gasteiger partial charge in [0.2, 0.25) is 10.0 Å². The molecule has 0 saturated carbocycles. The molecule has 1 amide bonds. The molecule has 2 aliphatic rings. The van der Waals surface area contributed by atoms with E-state index in [0.717, 1.165) is 12.8 Å². The third kappa shape index (κ3) is 4.53. The summed E-state index contributed by atoms with van der Waals surface area (Å²) >= 11 is 0. The van der Waals surface area contributed by atoms with E-state index in [4.69, 9.17) is 5.41 Å². The van der Waals surface area contributed by atoms with Crippen LogP contribution in [0.5, 0.6) is 0 Å². The fourth-order valence-corrected chi connectivity index (χ4v) is 5.47. The molecule has 2 aliphatic heterocycles. The highest BCUT2D eigenvalue weighted by Crippen LogP contribution is 2.28. The van der Waals surface area contributed by atoms with E-state index in [1.54, 1.807) is 9.21 Å². The Labute approximate surface area is 151 Å². The van der Waals surface area contributed by atoms with Gasteiger partial charge in [-0.25, -0.2) is 12.7 Å². The number of hydrogen-bond acceptors (Lipinski definition) is 4. The van der Waals surface area contributed by atoms with Crippen molar-refractivity contribution in [2.45, 2.75) is 58.9 Å². The summed E-state index contributed by atoms with van der Waals surface area (Å²) in [7, 11) is -3.14. The third-order valence-corrected chi connectivity index (χ3v) is 7.14. The second kappa shape index (κ2) is 7.61. The molecule has 1 atom stereocenters. The molecule has 25 heavy (non-hydrogen) atoms. The van der Waals surface area contributed by atoms with Crippen LogP contribution < -0.4 is 5.32 Å². The molecule has 0 bridgehead atoms. The van der Waals surface area contributed by atoms with E-state index in [0.29, 0.717) is 38.4 Å². The summed E-state index contributed by atoms with van der Waals surface area (Å²) in [5.41, 5.74) is -0.698. The Hall–Kier alpha value is -1.15. The summed E-state index contributed by atoms with van der Waals surface area (Å²) in [6, 6.07) is 0. The summed E-state index contributed by atoms with van der Waals surface area (Å²) in [5, 5.41) is 11.2. The van der Waals surface area contributed by atoms with E-state index in [-0.39, 0.29) is 23.5 Å². The number of carbonyl (C=O) groups excluding carboxylic acids is 1. The van der Waals surface area contributed by atoms with Gasteiger partial charge >= 0.3 is 0 Å². The van der Waals surface area contributed by atoms with Crippen molar-refractivity contribution < 1.29 is 13.2 Å². The molecule has 7 nitrogen and oxygen atoms in total. The Morgan fingerprint density at radius 3 is 2.44 bits per heavy atom. The highest BCUT2D eigenvalue weighted by atomic mass is 32.2. The highest BCUT2D eigenvalue weighted by Gasteiger charge is 2.46. The van der Waals surface area contributed by atoms with E-state index in [1.807, 2.05) is 13.8 Å². The molecule has 0 aromatic heterocycles. The molecule has 2 saturated heterocycles. The van der Waals surface area contributed by atoms with Crippen LogP contribution >= 0.6 is 0 Å². The van der Waals surface area contributed by atoms with E-state index in [1.165, 1.54) is 0 Å². The predicted octanol–water partition coefficient (Wildman–Crippen LogP) is 1.61. The maximum atomic E-state index is 12.8. The van der Waals surface area contributed by atoms with Crippen LogP contribution in [0, 0.1) is 17.2 Å². The molecule has 0 spiro atoms. The summed E-state index contributed by atoms with van der Waals surface area (Å²) in [5.74, 6) is 0.938. The van der Waals surface area contributed by atoms with Crippen LogP contribution in [0.3, 0.4) is 0 Å². The molecule has 2 rings (SSSR count). The van der Waals surface area contributed by atoms with Gasteiger partial charge in [0.1, 0.15) is 5.54 Å². The maximum absolute atomic E-state index is 12.8. The lowest BCUT2D eigenvalue weighted by molar-refractivity contribution is -0.131. The van der Waals surface area contributed by atoms with Gasteiger partial charge in [-0.05, 0) is 44.4 Å². The smallest absolute Gasteiger partial charge is 0.254 e.